The van der Waals surface area contributed by atoms with Crippen LogP contribution in [0.2, 0.25) is 0 Å². The summed E-state index contributed by atoms with van der Waals surface area (Å²) in [6.07, 6.45) is 4.77. The SMILES string of the molecule is C=C(Cl)CC1(C(=O)N[C@@H](Cc2ccc(-c3ccccc3)cc2)c2nnnn2C)CCCC1. The molecule has 2 aromatic carbocycles. The Morgan fingerprint density at radius 1 is 1.12 bits per heavy atom. The highest BCUT2D eigenvalue weighted by molar-refractivity contribution is 6.29. The van der Waals surface area contributed by atoms with E-state index in [2.05, 4.69) is 63.8 Å². The van der Waals surface area contributed by atoms with E-state index in [1.54, 1.807) is 11.7 Å². The number of hydrogen-bond acceptors (Lipinski definition) is 4. The van der Waals surface area contributed by atoms with E-state index in [-0.39, 0.29) is 11.9 Å². The third-order valence-corrected chi connectivity index (χ3v) is 6.48. The van der Waals surface area contributed by atoms with Crippen molar-refractivity contribution < 1.29 is 4.79 Å². The summed E-state index contributed by atoms with van der Waals surface area (Å²) in [5, 5.41) is 15.7. The number of rotatable bonds is 8. The molecule has 6 nitrogen and oxygen atoms in total. The summed E-state index contributed by atoms with van der Waals surface area (Å²) < 4.78 is 1.62. The van der Waals surface area contributed by atoms with Crippen LogP contribution < -0.4 is 5.32 Å². The Hall–Kier alpha value is -2.99. The highest BCUT2D eigenvalue weighted by atomic mass is 35.5. The molecule has 1 amide bonds. The molecule has 1 fully saturated rings. The molecule has 1 aliphatic carbocycles. The summed E-state index contributed by atoms with van der Waals surface area (Å²) in [6, 6.07) is 18.3. The minimum Gasteiger partial charge on any atom is -0.345 e. The summed E-state index contributed by atoms with van der Waals surface area (Å²) in [7, 11) is 1.79. The quantitative estimate of drug-likeness (QED) is 0.526. The van der Waals surface area contributed by atoms with E-state index in [1.165, 1.54) is 5.56 Å². The largest absolute Gasteiger partial charge is 0.345 e. The summed E-state index contributed by atoms with van der Waals surface area (Å²) in [6.45, 7) is 3.84. The molecule has 166 valence electrons. The van der Waals surface area contributed by atoms with Crippen LogP contribution in [0.3, 0.4) is 0 Å². The van der Waals surface area contributed by atoms with Gasteiger partial charge < -0.3 is 5.32 Å². The highest BCUT2D eigenvalue weighted by Gasteiger charge is 2.42. The molecule has 3 aromatic rings. The Labute approximate surface area is 193 Å². The normalized spacial score (nSPS) is 15.9. The lowest BCUT2D eigenvalue weighted by atomic mass is 9.81. The number of nitrogens with zero attached hydrogens (tertiary/aromatic N) is 4. The zero-order valence-corrected chi connectivity index (χ0v) is 19.1. The first kappa shape index (κ1) is 22.2. The Kier molecular flexibility index (Phi) is 6.70. The zero-order chi connectivity index (χ0) is 22.6. The third kappa shape index (κ3) is 4.91. The second-order valence-electron chi connectivity index (χ2n) is 8.64. The maximum absolute atomic E-state index is 13.5. The minimum atomic E-state index is -0.500. The summed E-state index contributed by atoms with van der Waals surface area (Å²) >= 11 is 6.14. The van der Waals surface area contributed by atoms with Crippen molar-refractivity contribution in [2.24, 2.45) is 12.5 Å². The van der Waals surface area contributed by atoms with Crippen molar-refractivity contribution in [3.05, 3.63) is 77.6 Å². The molecule has 4 rings (SSSR count). The van der Waals surface area contributed by atoms with Crippen LogP contribution in [0, 0.1) is 5.41 Å². The molecule has 1 aliphatic rings. The Morgan fingerprint density at radius 2 is 1.78 bits per heavy atom. The molecule has 0 bridgehead atoms. The van der Waals surface area contributed by atoms with Gasteiger partial charge in [0.2, 0.25) is 5.91 Å². The van der Waals surface area contributed by atoms with Crippen LogP contribution in [0.1, 0.15) is 49.5 Å². The van der Waals surface area contributed by atoms with Crippen LogP contribution in [0.25, 0.3) is 11.1 Å². The van der Waals surface area contributed by atoms with Gasteiger partial charge in [-0.05, 0) is 46.4 Å². The van der Waals surface area contributed by atoms with Crippen LogP contribution in [-0.2, 0) is 18.3 Å². The van der Waals surface area contributed by atoms with Gasteiger partial charge in [0.05, 0.1) is 11.5 Å². The Morgan fingerprint density at radius 3 is 2.38 bits per heavy atom. The Bertz CT molecular complexity index is 1070. The van der Waals surface area contributed by atoms with Gasteiger partial charge in [-0.1, -0.05) is 85.6 Å². The average Bonchev–Trinajstić information content (AvgIpc) is 3.44. The molecular weight excluding hydrogens is 422 g/mol. The molecule has 1 heterocycles. The van der Waals surface area contributed by atoms with Crippen molar-refractivity contribution in [3.63, 3.8) is 0 Å². The van der Waals surface area contributed by atoms with E-state index in [4.69, 9.17) is 11.6 Å². The number of allylic oxidation sites excluding steroid dienone is 1. The van der Waals surface area contributed by atoms with Crippen molar-refractivity contribution in [1.29, 1.82) is 0 Å². The van der Waals surface area contributed by atoms with E-state index in [1.807, 2.05) is 18.2 Å². The number of carbonyl (C=O) groups is 1. The van der Waals surface area contributed by atoms with E-state index in [0.29, 0.717) is 23.7 Å². The van der Waals surface area contributed by atoms with Crippen molar-refractivity contribution in [1.82, 2.24) is 25.5 Å². The van der Waals surface area contributed by atoms with Crippen LogP contribution in [-0.4, -0.2) is 26.1 Å². The Balaban J connectivity index is 1.56. The van der Waals surface area contributed by atoms with Crippen LogP contribution in [0.15, 0.2) is 66.2 Å². The van der Waals surface area contributed by atoms with Gasteiger partial charge in [-0.15, -0.1) is 5.10 Å². The van der Waals surface area contributed by atoms with Gasteiger partial charge >= 0.3 is 0 Å². The fraction of sp³-hybridized carbons (Fsp3) is 0.360. The fourth-order valence-electron chi connectivity index (χ4n) is 4.65. The maximum Gasteiger partial charge on any atom is 0.227 e. The van der Waals surface area contributed by atoms with E-state index in [0.717, 1.165) is 36.8 Å². The number of tetrazole rings is 1. The predicted octanol–water partition coefficient (Wildman–Crippen LogP) is 4.98. The maximum atomic E-state index is 13.5. The molecule has 0 spiro atoms. The second kappa shape index (κ2) is 9.65. The number of benzene rings is 2. The van der Waals surface area contributed by atoms with E-state index >= 15 is 0 Å². The van der Waals surface area contributed by atoms with Gasteiger partial charge in [0, 0.05) is 18.5 Å². The van der Waals surface area contributed by atoms with Gasteiger partial charge in [0.1, 0.15) is 0 Å². The minimum absolute atomic E-state index is 0.00528. The van der Waals surface area contributed by atoms with E-state index < -0.39 is 5.41 Å². The number of amides is 1. The van der Waals surface area contributed by atoms with Crippen molar-refractivity contribution >= 4 is 17.5 Å². The number of aryl methyl sites for hydroxylation is 1. The van der Waals surface area contributed by atoms with Gasteiger partial charge in [-0.2, -0.15) is 0 Å². The van der Waals surface area contributed by atoms with Gasteiger partial charge in [-0.3, -0.25) is 4.79 Å². The number of halogens is 1. The first-order valence-electron chi connectivity index (χ1n) is 11.0. The lowest BCUT2D eigenvalue weighted by Gasteiger charge is -2.30. The second-order valence-corrected chi connectivity index (χ2v) is 9.17. The smallest absolute Gasteiger partial charge is 0.227 e. The molecule has 0 radical (unpaired) electrons. The number of nitrogens with one attached hydrogen (secondary N) is 1. The summed E-state index contributed by atoms with van der Waals surface area (Å²) in [5.74, 6) is 0.633. The van der Waals surface area contributed by atoms with Gasteiger partial charge in [0.15, 0.2) is 5.82 Å². The highest BCUT2D eigenvalue weighted by Crippen LogP contribution is 2.44. The first-order valence-corrected chi connectivity index (χ1v) is 11.4. The first-order chi connectivity index (χ1) is 15.5. The molecule has 7 heteroatoms. The van der Waals surface area contributed by atoms with Gasteiger partial charge in [-0.25, -0.2) is 4.68 Å². The molecule has 0 unspecified atom stereocenters. The molecule has 1 saturated carbocycles. The molecule has 0 saturated heterocycles. The number of hydrogen-bond donors (Lipinski definition) is 1. The van der Waals surface area contributed by atoms with Crippen molar-refractivity contribution in [3.8, 4) is 11.1 Å². The molecule has 1 aromatic heterocycles. The summed E-state index contributed by atoms with van der Waals surface area (Å²) in [4.78, 5) is 13.5. The van der Waals surface area contributed by atoms with E-state index in [9.17, 15) is 4.79 Å². The predicted molar refractivity (Wildman–Crippen MR) is 126 cm³/mol. The van der Waals surface area contributed by atoms with Crippen molar-refractivity contribution in [2.45, 2.75) is 44.6 Å². The lowest BCUT2D eigenvalue weighted by Crippen LogP contribution is -2.42. The van der Waals surface area contributed by atoms with Crippen LogP contribution >= 0.6 is 11.6 Å². The van der Waals surface area contributed by atoms with Crippen molar-refractivity contribution in [2.75, 3.05) is 0 Å². The van der Waals surface area contributed by atoms with Crippen LogP contribution in [0.5, 0.6) is 0 Å². The molecule has 1 atom stereocenters. The fourth-order valence-corrected chi connectivity index (χ4v) is 4.91. The van der Waals surface area contributed by atoms with Gasteiger partial charge in [0.25, 0.3) is 0 Å². The average molecular weight is 450 g/mol. The lowest BCUT2D eigenvalue weighted by molar-refractivity contribution is -0.131. The molecule has 1 N–H and O–H groups in total. The standard InChI is InChI=1S/C25H28ClN5O/c1-18(26)17-25(14-6-7-15-25)24(32)27-22(23-28-29-30-31(23)2)16-19-10-12-21(13-11-19)20-8-4-3-5-9-20/h3-5,8-13,22H,1,6-7,14-17H2,2H3,(H,27,32)/t22-/m0/s1. The zero-order valence-electron chi connectivity index (χ0n) is 18.3. The molecule has 0 aliphatic heterocycles. The number of aromatic nitrogens is 4. The third-order valence-electron chi connectivity index (χ3n) is 6.34. The molecule has 32 heavy (non-hydrogen) atoms. The van der Waals surface area contributed by atoms with Crippen LogP contribution in [0.4, 0.5) is 0 Å². The summed E-state index contributed by atoms with van der Waals surface area (Å²) in [5.41, 5.74) is 2.92. The molecular formula is C25H28ClN5O. The monoisotopic (exact) mass is 449 g/mol. The topological polar surface area (TPSA) is 72.7 Å². The number of carbonyl (C=O) groups excluding carboxylic acids is 1.